The van der Waals surface area contributed by atoms with Gasteiger partial charge in [0, 0.05) is 12.6 Å². The summed E-state index contributed by atoms with van der Waals surface area (Å²) in [6, 6.07) is 2.67. The van der Waals surface area contributed by atoms with Crippen molar-refractivity contribution in [3.8, 4) is 5.69 Å². The van der Waals surface area contributed by atoms with Crippen molar-refractivity contribution in [1.82, 2.24) is 9.55 Å². The predicted octanol–water partition coefficient (Wildman–Crippen LogP) is 4.09. The van der Waals surface area contributed by atoms with Gasteiger partial charge < -0.3 is 4.74 Å². The predicted molar refractivity (Wildman–Crippen MR) is 87.4 cm³/mol. The minimum atomic E-state index is -0.673. The molecule has 1 aromatic heterocycles. The Bertz CT molecular complexity index is 716. The number of ether oxygens (including phenoxy) is 1. The Hall–Kier alpha value is -2.24. The highest BCUT2D eigenvalue weighted by molar-refractivity contribution is 5.87. The van der Waals surface area contributed by atoms with Crippen LogP contribution in [0.15, 0.2) is 18.3 Å². The third-order valence-corrected chi connectivity index (χ3v) is 3.54. The molecule has 0 aliphatic carbocycles. The molecule has 1 aromatic carbocycles. The summed E-state index contributed by atoms with van der Waals surface area (Å²) in [5.41, 5.74) is 0.425. The molecule has 0 aliphatic rings. The largest absolute Gasteiger partial charge is 0.461 e. The lowest BCUT2D eigenvalue weighted by molar-refractivity contribution is 0.0520. The molecule has 130 valence electrons. The number of hydrogen-bond acceptors (Lipinski definition) is 3. The Kier molecular flexibility index (Phi) is 5.70. The third-order valence-electron chi connectivity index (χ3n) is 3.54. The summed E-state index contributed by atoms with van der Waals surface area (Å²) >= 11 is 0. The molecule has 0 saturated heterocycles. The van der Waals surface area contributed by atoms with Crippen LogP contribution in [-0.2, 0) is 17.6 Å². The quantitative estimate of drug-likeness (QED) is 0.746. The van der Waals surface area contributed by atoms with Crippen molar-refractivity contribution >= 4 is 5.97 Å². The summed E-state index contributed by atoms with van der Waals surface area (Å²) in [5.74, 6) is -1.26. The number of benzene rings is 1. The molecule has 2 rings (SSSR count). The van der Waals surface area contributed by atoms with Crippen LogP contribution in [0.1, 0.15) is 49.6 Å². The first-order chi connectivity index (χ1) is 11.4. The first-order valence-corrected chi connectivity index (χ1v) is 8.11. The number of carbonyl (C=O) groups excluding carboxylic acids is 1. The Morgan fingerprint density at radius 3 is 2.38 bits per heavy atom. The van der Waals surface area contributed by atoms with Gasteiger partial charge in [0.2, 0.25) is 0 Å². The van der Waals surface area contributed by atoms with Crippen LogP contribution < -0.4 is 0 Å². The summed E-state index contributed by atoms with van der Waals surface area (Å²) in [7, 11) is 0. The van der Waals surface area contributed by atoms with Gasteiger partial charge in [-0.25, -0.2) is 18.6 Å². The smallest absolute Gasteiger partial charge is 0.358 e. The molecule has 0 unspecified atom stereocenters. The van der Waals surface area contributed by atoms with Gasteiger partial charge >= 0.3 is 5.97 Å². The maximum Gasteiger partial charge on any atom is 0.358 e. The first-order valence-electron chi connectivity index (χ1n) is 8.11. The number of esters is 1. The number of carbonyl (C=O) groups is 1. The van der Waals surface area contributed by atoms with E-state index in [9.17, 15) is 13.6 Å². The van der Waals surface area contributed by atoms with Crippen molar-refractivity contribution < 1.29 is 18.3 Å². The van der Waals surface area contributed by atoms with E-state index >= 15 is 0 Å². The maximum atomic E-state index is 14.5. The Morgan fingerprint density at radius 1 is 1.25 bits per heavy atom. The van der Waals surface area contributed by atoms with E-state index in [2.05, 4.69) is 4.98 Å². The zero-order valence-electron chi connectivity index (χ0n) is 14.4. The minimum absolute atomic E-state index is 0.0405. The summed E-state index contributed by atoms with van der Waals surface area (Å²) in [6.45, 7) is 7.67. The molecule has 4 nitrogen and oxygen atoms in total. The molecule has 6 heteroatoms. The summed E-state index contributed by atoms with van der Waals surface area (Å²) < 4.78 is 35.2. The zero-order chi connectivity index (χ0) is 17.9. The molecular weight excluding hydrogens is 314 g/mol. The van der Waals surface area contributed by atoms with E-state index in [4.69, 9.17) is 4.74 Å². The second kappa shape index (κ2) is 7.55. The lowest BCUT2D eigenvalue weighted by Gasteiger charge is -2.12. The van der Waals surface area contributed by atoms with Gasteiger partial charge in [-0.05, 0) is 37.0 Å². The molecular formula is C18H22F2N2O2. The van der Waals surface area contributed by atoms with Gasteiger partial charge in [0.05, 0.1) is 6.61 Å². The van der Waals surface area contributed by atoms with E-state index in [1.807, 2.05) is 13.8 Å². The number of aryl methyl sites for hydroxylation is 1. The van der Waals surface area contributed by atoms with Gasteiger partial charge in [0.25, 0.3) is 0 Å². The molecule has 0 amide bonds. The van der Waals surface area contributed by atoms with Gasteiger partial charge in [-0.15, -0.1) is 0 Å². The van der Waals surface area contributed by atoms with Crippen LogP contribution >= 0.6 is 0 Å². The molecule has 0 spiro atoms. The number of rotatable bonds is 6. The highest BCUT2D eigenvalue weighted by Gasteiger charge is 2.20. The van der Waals surface area contributed by atoms with Gasteiger partial charge in [-0.3, -0.25) is 4.57 Å². The van der Waals surface area contributed by atoms with Gasteiger partial charge in [0.1, 0.15) is 11.5 Å². The molecule has 0 aliphatic heterocycles. The van der Waals surface area contributed by atoms with Crippen LogP contribution in [0.3, 0.4) is 0 Å². The molecule has 0 fully saturated rings. The van der Waals surface area contributed by atoms with Crippen molar-refractivity contribution in [2.75, 3.05) is 6.61 Å². The van der Waals surface area contributed by atoms with E-state index in [1.165, 1.54) is 22.9 Å². The summed E-state index contributed by atoms with van der Waals surface area (Å²) in [4.78, 5) is 15.9. The fourth-order valence-corrected chi connectivity index (χ4v) is 2.60. The zero-order valence-corrected chi connectivity index (χ0v) is 14.4. The second-order valence-electron chi connectivity index (χ2n) is 5.99. The van der Waals surface area contributed by atoms with Gasteiger partial charge in [-0.1, -0.05) is 20.8 Å². The van der Waals surface area contributed by atoms with E-state index in [0.717, 1.165) is 0 Å². The normalized spacial score (nSPS) is 11.1. The maximum absolute atomic E-state index is 14.5. The lowest BCUT2D eigenvalue weighted by atomic mass is 10.0. The van der Waals surface area contributed by atoms with Gasteiger partial charge in [-0.2, -0.15) is 0 Å². The molecule has 0 N–H and O–H groups in total. The van der Waals surface area contributed by atoms with Crippen LogP contribution in [0.25, 0.3) is 5.69 Å². The third kappa shape index (κ3) is 3.80. The molecule has 0 atom stereocenters. The highest BCUT2D eigenvalue weighted by atomic mass is 19.1. The lowest BCUT2D eigenvalue weighted by Crippen LogP contribution is -2.07. The van der Waals surface area contributed by atoms with Crippen LogP contribution in [0.5, 0.6) is 0 Å². The average molecular weight is 336 g/mol. The monoisotopic (exact) mass is 336 g/mol. The average Bonchev–Trinajstić information content (AvgIpc) is 2.90. The fraction of sp³-hybridized carbons (Fsp3) is 0.444. The van der Waals surface area contributed by atoms with E-state index in [0.29, 0.717) is 30.1 Å². The second-order valence-corrected chi connectivity index (χ2v) is 5.99. The fourth-order valence-electron chi connectivity index (χ4n) is 2.60. The molecule has 0 saturated carbocycles. The SMILES string of the molecule is CCOC(=O)c1cn(-c2c(F)cc(CC(C)C)cc2F)c(CC)n1. The standard InChI is InChI=1S/C18H22F2N2O2/c1-5-16-21-15(18(23)24-6-2)10-22(16)17-13(19)8-12(7-11(3)4)9-14(17)20/h8-11H,5-7H2,1-4H3. The Morgan fingerprint density at radius 2 is 1.88 bits per heavy atom. The highest BCUT2D eigenvalue weighted by Crippen LogP contribution is 2.24. The minimum Gasteiger partial charge on any atom is -0.461 e. The number of aromatic nitrogens is 2. The Labute approximate surface area is 140 Å². The number of hydrogen-bond donors (Lipinski definition) is 0. The number of nitrogens with zero attached hydrogens (tertiary/aromatic N) is 2. The first kappa shape index (κ1) is 18.1. The van der Waals surface area contributed by atoms with Crippen LogP contribution in [0, 0.1) is 17.6 Å². The van der Waals surface area contributed by atoms with Crippen LogP contribution in [0.2, 0.25) is 0 Å². The summed E-state index contributed by atoms with van der Waals surface area (Å²) in [6.07, 6.45) is 2.33. The molecule has 24 heavy (non-hydrogen) atoms. The van der Waals surface area contributed by atoms with E-state index < -0.39 is 17.6 Å². The van der Waals surface area contributed by atoms with Crippen LogP contribution in [-0.4, -0.2) is 22.1 Å². The van der Waals surface area contributed by atoms with Crippen molar-refractivity contribution in [3.63, 3.8) is 0 Å². The van der Waals surface area contributed by atoms with Crippen molar-refractivity contribution in [2.45, 2.75) is 40.5 Å². The van der Waals surface area contributed by atoms with Crippen LogP contribution in [0.4, 0.5) is 8.78 Å². The number of imidazole rings is 1. The van der Waals surface area contributed by atoms with Crippen molar-refractivity contribution in [3.05, 3.63) is 47.0 Å². The summed E-state index contributed by atoms with van der Waals surface area (Å²) in [5, 5.41) is 0. The topological polar surface area (TPSA) is 44.1 Å². The van der Waals surface area contributed by atoms with Gasteiger partial charge in [0.15, 0.2) is 17.3 Å². The van der Waals surface area contributed by atoms with Crippen molar-refractivity contribution in [1.29, 1.82) is 0 Å². The molecule has 0 bridgehead atoms. The molecule has 0 radical (unpaired) electrons. The molecule has 2 aromatic rings. The van der Waals surface area contributed by atoms with Crippen molar-refractivity contribution in [2.24, 2.45) is 5.92 Å². The van der Waals surface area contributed by atoms with E-state index in [1.54, 1.807) is 13.8 Å². The Balaban J connectivity index is 2.49. The molecule has 1 heterocycles. The number of halogens is 2. The van der Waals surface area contributed by atoms with E-state index in [-0.39, 0.29) is 18.0 Å².